The maximum atomic E-state index is 10.9. The second-order valence-corrected chi connectivity index (χ2v) is 3.31. The van der Waals surface area contributed by atoms with Crippen molar-refractivity contribution >= 4 is 11.9 Å². The predicted molar refractivity (Wildman–Crippen MR) is 63.5 cm³/mol. The third kappa shape index (κ3) is 3.83. The number of hydrogen-bond donors (Lipinski definition) is 1. The number of carboxylic acids is 1. The number of methoxy groups -OCH3 is 2. The van der Waals surface area contributed by atoms with E-state index in [2.05, 4.69) is 16.6 Å². The number of hydrogen-bond acceptors (Lipinski definition) is 4. The van der Waals surface area contributed by atoms with Crippen LogP contribution in [-0.2, 0) is 9.53 Å². The normalized spacial score (nSPS) is 9.00. The van der Waals surface area contributed by atoms with Crippen molar-refractivity contribution in [2.75, 3.05) is 14.2 Å². The fourth-order valence-corrected chi connectivity index (χ4v) is 1.20. The average Bonchev–Trinajstić information content (AvgIpc) is 2.37. The molecule has 0 spiro atoms. The molecule has 0 fully saturated rings. The van der Waals surface area contributed by atoms with Gasteiger partial charge in [0.2, 0.25) is 0 Å². The zero-order chi connectivity index (χ0) is 13.5. The highest BCUT2D eigenvalue weighted by Gasteiger charge is 2.06. The maximum absolute atomic E-state index is 10.9. The topological polar surface area (TPSA) is 72.8 Å². The Balaban J connectivity index is 2.98. The smallest absolute Gasteiger partial charge is 0.335 e. The molecule has 0 aliphatic rings. The molecule has 0 aliphatic heterocycles. The molecule has 0 unspecified atom stereocenters. The largest absolute Gasteiger partial charge is 0.497 e. The van der Waals surface area contributed by atoms with Gasteiger partial charge < -0.3 is 14.6 Å². The molecule has 1 rings (SSSR count). The van der Waals surface area contributed by atoms with Crippen LogP contribution in [0, 0.1) is 11.8 Å². The molecule has 0 amide bonds. The van der Waals surface area contributed by atoms with Crippen LogP contribution in [-0.4, -0.2) is 31.3 Å². The van der Waals surface area contributed by atoms with Crippen LogP contribution in [0.5, 0.6) is 5.75 Å². The minimum Gasteiger partial charge on any atom is -0.497 e. The van der Waals surface area contributed by atoms with Crippen molar-refractivity contribution < 1.29 is 24.2 Å². The van der Waals surface area contributed by atoms with Gasteiger partial charge in [-0.3, -0.25) is 4.79 Å². The summed E-state index contributed by atoms with van der Waals surface area (Å²) in [6.45, 7) is 0. The Morgan fingerprint density at radius 3 is 2.56 bits per heavy atom. The van der Waals surface area contributed by atoms with Gasteiger partial charge in [-0.15, -0.1) is 0 Å². The summed E-state index contributed by atoms with van der Waals surface area (Å²) >= 11 is 0. The maximum Gasteiger partial charge on any atom is 0.335 e. The number of esters is 1. The van der Waals surface area contributed by atoms with Crippen molar-refractivity contribution in [1.29, 1.82) is 0 Å². The van der Waals surface area contributed by atoms with E-state index in [0.717, 1.165) is 0 Å². The molecule has 1 aromatic carbocycles. The van der Waals surface area contributed by atoms with E-state index in [4.69, 9.17) is 9.84 Å². The van der Waals surface area contributed by atoms with Crippen molar-refractivity contribution in [1.82, 2.24) is 0 Å². The molecule has 0 atom stereocenters. The van der Waals surface area contributed by atoms with Crippen LogP contribution in [0.4, 0.5) is 0 Å². The first-order valence-corrected chi connectivity index (χ1v) is 5.05. The Morgan fingerprint density at radius 1 is 1.28 bits per heavy atom. The summed E-state index contributed by atoms with van der Waals surface area (Å²) in [5, 5.41) is 8.90. The van der Waals surface area contributed by atoms with E-state index in [1.165, 1.54) is 26.4 Å². The molecule has 0 radical (unpaired) electrons. The van der Waals surface area contributed by atoms with Crippen LogP contribution in [0.1, 0.15) is 22.3 Å². The van der Waals surface area contributed by atoms with E-state index in [9.17, 15) is 9.59 Å². The SMILES string of the molecule is COC(=O)CC#Cc1cc(OC)cc(C(=O)O)c1. The first kappa shape index (κ1) is 13.6. The van der Waals surface area contributed by atoms with Crippen LogP contribution in [0.3, 0.4) is 0 Å². The molecule has 5 nitrogen and oxygen atoms in total. The molecule has 0 saturated carbocycles. The molecule has 0 bridgehead atoms. The fraction of sp³-hybridized carbons (Fsp3) is 0.231. The Kier molecular flexibility index (Phi) is 4.76. The number of ether oxygens (including phenoxy) is 2. The van der Waals surface area contributed by atoms with Crippen molar-refractivity contribution in [3.8, 4) is 17.6 Å². The first-order valence-electron chi connectivity index (χ1n) is 5.05. The van der Waals surface area contributed by atoms with Gasteiger partial charge in [-0.1, -0.05) is 11.8 Å². The van der Waals surface area contributed by atoms with Gasteiger partial charge in [0.05, 0.1) is 19.8 Å². The van der Waals surface area contributed by atoms with Gasteiger partial charge in [-0.2, -0.15) is 0 Å². The first-order chi connectivity index (χ1) is 8.56. The number of benzene rings is 1. The van der Waals surface area contributed by atoms with Gasteiger partial charge in [0, 0.05) is 5.56 Å². The summed E-state index contributed by atoms with van der Waals surface area (Å²) in [6, 6.07) is 4.40. The molecule has 0 aromatic heterocycles. The van der Waals surface area contributed by atoms with Gasteiger partial charge in [0.15, 0.2) is 0 Å². The highest BCUT2D eigenvalue weighted by Crippen LogP contribution is 2.16. The van der Waals surface area contributed by atoms with Crippen molar-refractivity contribution in [3.05, 3.63) is 29.3 Å². The molecule has 0 aliphatic carbocycles. The zero-order valence-electron chi connectivity index (χ0n) is 10.0. The number of aromatic carboxylic acids is 1. The second kappa shape index (κ2) is 6.30. The van der Waals surface area contributed by atoms with E-state index in [1.807, 2.05) is 0 Å². The van der Waals surface area contributed by atoms with E-state index in [1.54, 1.807) is 6.07 Å². The van der Waals surface area contributed by atoms with Gasteiger partial charge >= 0.3 is 11.9 Å². The minimum absolute atomic E-state index is 0.0455. The van der Waals surface area contributed by atoms with Gasteiger partial charge in [0.25, 0.3) is 0 Å². The third-order valence-corrected chi connectivity index (χ3v) is 2.08. The molecule has 1 N–H and O–H groups in total. The predicted octanol–water partition coefficient (Wildman–Crippen LogP) is 1.31. The summed E-state index contributed by atoms with van der Waals surface area (Å²) in [5.41, 5.74) is 0.548. The third-order valence-electron chi connectivity index (χ3n) is 2.08. The molecule has 0 saturated heterocycles. The Labute approximate surface area is 104 Å². The Morgan fingerprint density at radius 2 is 2.00 bits per heavy atom. The monoisotopic (exact) mass is 248 g/mol. The Bertz CT molecular complexity index is 522. The van der Waals surface area contributed by atoms with Crippen molar-refractivity contribution in [3.63, 3.8) is 0 Å². The Hall–Kier alpha value is -2.48. The van der Waals surface area contributed by atoms with E-state index in [-0.39, 0.29) is 12.0 Å². The van der Waals surface area contributed by atoms with Crippen LogP contribution >= 0.6 is 0 Å². The van der Waals surface area contributed by atoms with E-state index in [0.29, 0.717) is 11.3 Å². The van der Waals surface area contributed by atoms with Crippen LogP contribution < -0.4 is 4.74 Å². The molecular weight excluding hydrogens is 236 g/mol. The zero-order valence-corrected chi connectivity index (χ0v) is 10.0. The summed E-state index contributed by atoms with van der Waals surface area (Å²) in [7, 11) is 2.71. The van der Waals surface area contributed by atoms with Gasteiger partial charge in [0.1, 0.15) is 12.2 Å². The lowest BCUT2D eigenvalue weighted by molar-refractivity contribution is -0.139. The summed E-state index contributed by atoms with van der Waals surface area (Å²) < 4.78 is 9.41. The van der Waals surface area contributed by atoms with Crippen LogP contribution in [0.15, 0.2) is 18.2 Å². The fourth-order valence-electron chi connectivity index (χ4n) is 1.20. The highest BCUT2D eigenvalue weighted by molar-refractivity contribution is 5.88. The van der Waals surface area contributed by atoms with E-state index < -0.39 is 11.9 Å². The van der Waals surface area contributed by atoms with Gasteiger partial charge in [-0.25, -0.2) is 4.79 Å². The molecule has 18 heavy (non-hydrogen) atoms. The number of rotatable bonds is 3. The second-order valence-electron chi connectivity index (χ2n) is 3.31. The van der Waals surface area contributed by atoms with Crippen LogP contribution in [0.25, 0.3) is 0 Å². The van der Waals surface area contributed by atoms with Crippen molar-refractivity contribution in [2.24, 2.45) is 0 Å². The minimum atomic E-state index is -1.06. The molecular formula is C13H12O5. The summed E-state index contributed by atoms with van der Waals surface area (Å²) in [5.74, 6) is 4.18. The number of carbonyl (C=O) groups is 2. The number of carbonyl (C=O) groups excluding carboxylic acids is 1. The lowest BCUT2D eigenvalue weighted by Crippen LogP contribution is -1.98. The molecule has 1 aromatic rings. The van der Waals surface area contributed by atoms with Crippen LogP contribution in [0.2, 0.25) is 0 Å². The summed E-state index contributed by atoms with van der Waals surface area (Å²) in [6.07, 6.45) is -0.0455. The quantitative estimate of drug-likeness (QED) is 0.645. The highest BCUT2D eigenvalue weighted by atomic mass is 16.5. The lowest BCUT2D eigenvalue weighted by atomic mass is 10.1. The molecule has 5 heteroatoms. The lowest BCUT2D eigenvalue weighted by Gasteiger charge is -2.02. The number of carboxylic acid groups (broad SMARTS) is 1. The summed E-state index contributed by atoms with van der Waals surface area (Å²) in [4.78, 5) is 21.7. The standard InChI is InChI=1S/C13H12O5/c1-17-11-7-9(4-3-5-12(14)18-2)6-10(8-11)13(15)16/h6-8H,5H2,1-2H3,(H,15,16). The van der Waals surface area contributed by atoms with Gasteiger partial charge in [-0.05, 0) is 18.2 Å². The molecule has 94 valence electrons. The van der Waals surface area contributed by atoms with Crippen molar-refractivity contribution in [2.45, 2.75) is 6.42 Å². The van der Waals surface area contributed by atoms with E-state index >= 15 is 0 Å². The average molecular weight is 248 g/mol. The molecule has 0 heterocycles.